The lowest BCUT2D eigenvalue weighted by Crippen LogP contribution is -2.40. The van der Waals surface area contributed by atoms with Crippen molar-refractivity contribution in [1.82, 2.24) is 5.32 Å². The quantitative estimate of drug-likeness (QED) is 0.670. The highest BCUT2D eigenvalue weighted by Gasteiger charge is 2.17. The molecule has 2 rings (SSSR count). The van der Waals surface area contributed by atoms with Crippen LogP contribution in [0.4, 0.5) is 11.4 Å². The van der Waals surface area contributed by atoms with Crippen LogP contribution in [-0.2, 0) is 9.53 Å². The number of nitrogen functional groups attached to an aromatic ring is 1. The highest BCUT2D eigenvalue weighted by Crippen LogP contribution is 2.11. The van der Waals surface area contributed by atoms with E-state index in [2.05, 4.69) is 10.6 Å². The fourth-order valence-corrected chi connectivity index (χ4v) is 1.74. The van der Waals surface area contributed by atoms with E-state index in [1.165, 1.54) is 0 Å². The zero-order valence-electron chi connectivity index (χ0n) is 9.61. The Labute approximate surface area is 100 Å². The fourth-order valence-electron chi connectivity index (χ4n) is 1.74. The molecule has 1 fully saturated rings. The molecule has 1 unspecified atom stereocenters. The number of ether oxygens (including phenoxy) is 1. The number of anilines is 2. The minimum Gasteiger partial charge on any atom is -0.399 e. The fraction of sp³-hybridized carbons (Fsp3) is 0.417. The van der Waals surface area contributed by atoms with Gasteiger partial charge in [0.15, 0.2) is 0 Å². The summed E-state index contributed by atoms with van der Waals surface area (Å²) < 4.78 is 5.46. The summed E-state index contributed by atoms with van der Waals surface area (Å²) in [6.45, 7) is 2.26. The Morgan fingerprint density at radius 3 is 2.88 bits per heavy atom. The van der Waals surface area contributed by atoms with Crippen molar-refractivity contribution in [2.75, 3.05) is 30.7 Å². The molecule has 1 aliphatic rings. The van der Waals surface area contributed by atoms with Crippen molar-refractivity contribution in [3.63, 3.8) is 0 Å². The molecule has 1 aromatic carbocycles. The third kappa shape index (κ3) is 3.72. The van der Waals surface area contributed by atoms with Crippen molar-refractivity contribution in [2.24, 2.45) is 0 Å². The van der Waals surface area contributed by atoms with Crippen LogP contribution in [0.15, 0.2) is 24.3 Å². The van der Waals surface area contributed by atoms with Gasteiger partial charge in [-0.05, 0) is 24.3 Å². The van der Waals surface area contributed by atoms with Gasteiger partial charge < -0.3 is 21.1 Å². The zero-order chi connectivity index (χ0) is 12.1. The average Bonchev–Trinajstić information content (AvgIpc) is 2.33. The normalized spacial score (nSPS) is 19.9. The molecule has 0 bridgehead atoms. The number of benzene rings is 1. The monoisotopic (exact) mass is 235 g/mol. The molecule has 1 saturated heterocycles. The van der Waals surface area contributed by atoms with Crippen LogP contribution in [0.3, 0.4) is 0 Å². The number of hydrogen-bond acceptors (Lipinski definition) is 4. The van der Waals surface area contributed by atoms with Gasteiger partial charge in [0.05, 0.1) is 19.1 Å². The summed E-state index contributed by atoms with van der Waals surface area (Å²) in [5, 5.41) is 6.00. The van der Waals surface area contributed by atoms with E-state index in [9.17, 15) is 4.79 Å². The maximum Gasteiger partial charge on any atom is 0.227 e. The molecule has 1 amide bonds. The Morgan fingerprint density at radius 2 is 2.24 bits per heavy atom. The number of rotatable bonds is 3. The van der Waals surface area contributed by atoms with E-state index >= 15 is 0 Å². The van der Waals surface area contributed by atoms with Crippen LogP contribution in [0.5, 0.6) is 0 Å². The molecule has 1 aromatic rings. The smallest absolute Gasteiger partial charge is 0.227 e. The Hall–Kier alpha value is -1.59. The van der Waals surface area contributed by atoms with Gasteiger partial charge in [0, 0.05) is 24.5 Å². The summed E-state index contributed by atoms with van der Waals surface area (Å²) >= 11 is 0. The van der Waals surface area contributed by atoms with Gasteiger partial charge in [-0.1, -0.05) is 0 Å². The lowest BCUT2D eigenvalue weighted by molar-refractivity contribution is -0.119. The molecule has 0 aliphatic carbocycles. The second-order valence-electron chi connectivity index (χ2n) is 4.07. The summed E-state index contributed by atoms with van der Waals surface area (Å²) in [5.74, 6) is -0.0385. The Morgan fingerprint density at radius 1 is 1.47 bits per heavy atom. The molecule has 5 nitrogen and oxygen atoms in total. The number of morpholine rings is 1. The van der Waals surface area contributed by atoms with Crippen molar-refractivity contribution in [3.05, 3.63) is 24.3 Å². The first-order chi connectivity index (χ1) is 8.24. The van der Waals surface area contributed by atoms with Gasteiger partial charge in [0.2, 0.25) is 5.91 Å². The first-order valence-corrected chi connectivity index (χ1v) is 5.72. The highest BCUT2D eigenvalue weighted by atomic mass is 16.5. The average molecular weight is 235 g/mol. The number of nitrogens with two attached hydrogens (primary N) is 1. The van der Waals surface area contributed by atoms with Crippen LogP contribution >= 0.6 is 0 Å². The van der Waals surface area contributed by atoms with E-state index in [-0.39, 0.29) is 12.0 Å². The minimum atomic E-state index is -0.0385. The summed E-state index contributed by atoms with van der Waals surface area (Å²) in [6, 6.07) is 7.09. The molecule has 0 radical (unpaired) electrons. The SMILES string of the molecule is Nc1ccc(NC(=O)CC2CNCCO2)cc1. The van der Waals surface area contributed by atoms with Gasteiger partial charge in [-0.3, -0.25) is 4.79 Å². The van der Waals surface area contributed by atoms with Crippen LogP contribution in [0.1, 0.15) is 6.42 Å². The van der Waals surface area contributed by atoms with Crippen molar-refractivity contribution in [3.8, 4) is 0 Å². The number of amides is 1. The second kappa shape index (κ2) is 5.65. The number of carbonyl (C=O) groups excluding carboxylic acids is 1. The molecule has 0 aromatic heterocycles. The van der Waals surface area contributed by atoms with E-state index in [1.807, 2.05) is 0 Å². The third-order valence-electron chi connectivity index (χ3n) is 2.61. The number of carbonyl (C=O) groups is 1. The van der Waals surface area contributed by atoms with Crippen LogP contribution in [-0.4, -0.2) is 31.7 Å². The molecule has 1 aliphatic heterocycles. The van der Waals surface area contributed by atoms with E-state index in [4.69, 9.17) is 10.5 Å². The molecule has 1 heterocycles. The maximum absolute atomic E-state index is 11.7. The van der Waals surface area contributed by atoms with Crippen LogP contribution < -0.4 is 16.4 Å². The molecule has 0 spiro atoms. The summed E-state index contributed by atoms with van der Waals surface area (Å²) in [5.41, 5.74) is 7.01. The van der Waals surface area contributed by atoms with E-state index in [0.29, 0.717) is 18.7 Å². The predicted molar refractivity (Wildman–Crippen MR) is 66.7 cm³/mol. The van der Waals surface area contributed by atoms with Gasteiger partial charge >= 0.3 is 0 Å². The van der Waals surface area contributed by atoms with Gasteiger partial charge in [-0.2, -0.15) is 0 Å². The van der Waals surface area contributed by atoms with Gasteiger partial charge in [-0.25, -0.2) is 0 Å². The largest absolute Gasteiger partial charge is 0.399 e. The molecular weight excluding hydrogens is 218 g/mol. The third-order valence-corrected chi connectivity index (χ3v) is 2.61. The lowest BCUT2D eigenvalue weighted by Gasteiger charge is -2.23. The van der Waals surface area contributed by atoms with E-state index in [0.717, 1.165) is 18.8 Å². The minimum absolute atomic E-state index is 0.0301. The zero-order valence-corrected chi connectivity index (χ0v) is 9.61. The van der Waals surface area contributed by atoms with Crippen molar-refractivity contribution < 1.29 is 9.53 Å². The number of nitrogens with one attached hydrogen (secondary N) is 2. The molecule has 4 N–H and O–H groups in total. The predicted octanol–water partition coefficient (Wildman–Crippen LogP) is 0.586. The molecule has 5 heteroatoms. The first-order valence-electron chi connectivity index (χ1n) is 5.72. The van der Waals surface area contributed by atoms with Gasteiger partial charge in [0.1, 0.15) is 0 Å². The summed E-state index contributed by atoms with van der Waals surface area (Å²) in [7, 11) is 0. The van der Waals surface area contributed by atoms with Crippen molar-refractivity contribution in [1.29, 1.82) is 0 Å². The van der Waals surface area contributed by atoms with Crippen molar-refractivity contribution >= 4 is 17.3 Å². The number of hydrogen-bond donors (Lipinski definition) is 3. The maximum atomic E-state index is 11.7. The Bertz CT molecular complexity index is 372. The Balaban J connectivity index is 1.82. The molecular formula is C12H17N3O2. The second-order valence-corrected chi connectivity index (χ2v) is 4.07. The summed E-state index contributed by atoms with van der Waals surface area (Å²) in [6.07, 6.45) is 0.342. The van der Waals surface area contributed by atoms with E-state index < -0.39 is 0 Å². The van der Waals surface area contributed by atoms with Gasteiger partial charge in [-0.15, -0.1) is 0 Å². The molecule has 0 saturated carbocycles. The molecule has 17 heavy (non-hydrogen) atoms. The van der Waals surface area contributed by atoms with Crippen LogP contribution in [0, 0.1) is 0 Å². The highest BCUT2D eigenvalue weighted by molar-refractivity contribution is 5.91. The van der Waals surface area contributed by atoms with Crippen LogP contribution in [0.25, 0.3) is 0 Å². The molecule has 92 valence electrons. The standard InChI is InChI=1S/C12H17N3O2/c13-9-1-3-10(4-2-9)15-12(16)7-11-8-14-5-6-17-11/h1-4,11,14H,5-8,13H2,(H,15,16). The van der Waals surface area contributed by atoms with E-state index in [1.54, 1.807) is 24.3 Å². The Kier molecular flexibility index (Phi) is 3.95. The van der Waals surface area contributed by atoms with Crippen molar-refractivity contribution in [2.45, 2.75) is 12.5 Å². The first kappa shape index (κ1) is 11.9. The van der Waals surface area contributed by atoms with Gasteiger partial charge in [0.25, 0.3) is 0 Å². The molecule has 1 atom stereocenters. The lowest BCUT2D eigenvalue weighted by atomic mass is 10.2. The van der Waals surface area contributed by atoms with Crippen LogP contribution in [0.2, 0.25) is 0 Å². The topological polar surface area (TPSA) is 76.4 Å². The summed E-state index contributed by atoms with van der Waals surface area (Å²) in [4.78, 5) is 11.7.